The molecule has 2 aliphatic heterocycles. The number of nitrogens with zero attached hydrogens (tertiary/aromatic N) is 3. The molecule has 3 heterocycles. The monoisotopic (exact) mass is 327 g/mol. The van der Waals surface area contributed by atoms with Crippen molar-refractivity contribution < 1.29 is 14.3 Å². The summed E-state index contributed by atoms with van der Waals surface area (Å²) in [6.45, 7) is 4.52. The lowest BCUT2D eigenvalue weighted by Gasteiger charge is -2.38. The van der Waals surface area contributed by atoms with Crippen molar-refractivity contribution in [2.24, 2.45) is 0 Å². The molecule has 2 aliphatic rings. The van der Waals surface area contributed by atoms with Crippen molar-refractivity contribution in [3.05, 3.63) is 11.1 Å². The van der Waals surface area contributed by atoms with Crippen LogP contribution in [-0.2, 0) is 9.53 Å². The van der Waals surface area contributed by atoms with E-state index in [1.807, 2.05) is 5.38 Å². The number of ether oxygens (including phenoxy) is 1. The summed E-state index contributed by atoms with van der Waals surface area (Å²) >= 11 is 2.86. The van der Waals surface area contributed by atoms with Gasteiger partial charge in [0.25, 0.3) is 5.91 Å². The van der Waals surface area contributed by atoms with Crippen LogP contribution in [0.2, 0.25) is 0 Å². The van der Waals surface area contributed by atoms with Crippen LogP contribution in [0.25, 0.3) is 0 Å². The largest absolute Gasteiger partial charge is 0.378 e. The number of carbonyl (C=O) groups excluding carboxylic acids is 2. The molecule has 114 valence electrons. The zero-order chi connectivity index (χ0) is 15.0. The van der Waals surface area contributed by atoms with E-state index in [1.165, 1.54) is 23.1 Å². The third-order valence-corrected chi connectivity index (χ3v) is 5.50. The number of aromatic nitrogens is 1. The van der Waals surface area contributed by atoms with E-state index in [0.29, 0.717) is 24.0 Å². The number of rotatable bonds is 4. The molecule has 1 aromatic heterocycles. The van der Waals surface area contributed by atoms with Crippen LogP contribution in [0.4, 0.5) is 5.13 Å². The molecule has 1 amide bonds. The summed E-state index contributed by atoms with van der Waals surface area (Å²) in [5.74, 6) is -0.0269. The van der Waals surface area contributed by atoms with Gasteiger partial charge < -0.3 is 14.5 Å². The number of likely N-dealkylation sites (tertiary alicyclic amines) is 1. The molecule has 0 aromatic carbocycles. The number of amides is 1. The standard InChI is InChI=1S/C13H17N3O3S2/c1-8(17)21-10-5-16(6-10)13-14-11(7-20-13)12(18)15-3-9(4-15)19-2/h7,9-10H,3-6H2,1-2H3. The fraction of sp³-hybridized carbons (Fsp3) is 0.615. The summed E-state index contributed by atoms with van der Waals surface area (Å²) in [7, 11) is 1.66. The molecule has 1 aromatic rings. The molecular weight excluding hydrogens is 310 g/mol. The van der Waals surface area contributed by atoms with Crippen molar-refractivity contribution in [3.63, 3.8) is 0 Å². The van der Waals surface area contributed by atoms with E-state index in [4.69, 9.17) is 4.74 Å². The second kappa shape index (κ2) is 5.94. The number of carbonyl (C=O) groups is 2. The first-order valence-electron chi connectivity index (χ1n) is 6.76. The maximum atomic E-state index is 12.2. The molecule has 3 rings (SSSR count). The van der Waals surface area contributed by atoms with Crippen LogP contribution in [0.15, 0.2) is 5.38 Å². The molecule has 0 unspecified atom stereocenters. The maximum Gasteiger partial charge on any atom is 0.273 e. The first-order chi connectivity index (χ1) is 10.1. The van der Waals surface area contributed by atoms with E-state index >= 15 is 0 Å². The van der Waals surface area contributed by atoms with Crippen molar-refractivity contribution in [3.8, 4) is 0 Å². The Balaban J connectivity index is 1.53. The van der Waals surface area contributed by atoms with Crippen LogP contribution in [0.1, 0.15) is 17.4 Å². The Morgan fingerprint density at radius 1 is 1.38 bits per heavy atom. The highest BCUT2D eigenvalue weighted by Gasteiger charge is 2.34. The van der Waals surface area contributed by atoms with E-state index in [2.05, 4.69) is 9.88 Å². The van der Waals surface area contributed by atoms with E-state index in [0.717, 1.165) is 18.2 Å². The summed E-state index contributed by atoms with van der Waals surface area (Å²) in [5, 5.41) is 3.18. The molecule has 6 nitrogen and oxygen atoms in total. The van der Waals surface area contributed by atoms with Crippen molar-refractivity contribution in [2.75, 3.05) is 38.2 Å². The Morgan fingerprint density at radius 2 is 2.10 bits per heavy atom. The highest BCUT2D eigenvalue weighted by molar-refractivity contribution is 8.14. The van der Waals surface area contributed by atoms with Gasteiger partial charge in [-0.25, -0.2) is 4.98 Å². The van der Waals surface area contributed by atoms with Gasteiger partial charge in [-0.05, 0) is 0 Å². The Bertz CT molecular complexity index is 551. The minimum absolute atomic E-state index is 0.0269. The van der Waals surface area contributed by atoms with E-state index in [9.17, 15) is 9.59 Å². The van der Waals surface area contributed by atoms with Gasteiger partial charge in [0.05, 0.1) is 6.10 Å². The number of thioether (sulfide) groups is 1. The van der Waals surface area contributed by atoms with Crippen LogP contribution in [0.5, 0.6) is 0 Å². The molecule has 2 saturated heterocycles. The number of anilines is 1. The lowest BCUT2D eigenvalue weighted by atomic mass is 10.1. The van der Waals surface area contributed by atoms with Crippen LogP contribution in [-0.4, -0.2) is 65.5 Å². The molecule has 0 N–H and O–H groups in total. The third kappa shape index (κ3) is 3.07. The highest BCUT2D eigenvalue weighted by Crippen LogP contribution is 2.31. The molecule has 2 fully saturated rings. The van der Waals surface area contributed by atoms with Crippen molar-refractivity contribution in [1.29, 1.82) is 0 Å². The molecule has 0 bridgehead atoms. The lowest BCUT2D eigenvalue weighted by molar-refractivity contribution is -0.109. The number of thiazole rings is 1. The fourth-order valence-electron chi connectivity index (χ4n) is 2.33. The predicted octanol–water partition coefficient (Wildman–Crippen LogP) is 1.08. The minimum Gasteiger partial charge on any atom is -0.378 e. The summed E-state index contributed by atoms with van der Waals surface area (Å²) in [5.41, 5.74) is 0.507. The van der Waals surface area contributed by atoms with Gasteiger partial charge in [0.1, 0.15) is 5.69 Å². The Kier molecular flexibility index (Phi) is 4.19. The zero-order valence-corrected chi connectivity index (χ0v) is 13.6. The molecule has 0 saturated carbocycles. The predicted molar refractivity (Wildman–Crippen MR) is 83.1 cm³/mol. The van der Waals surface area contributed by atoms with Crippen LogP contribution in [0, 0.1) is 0 Å². The molecule has 0 aliphatic carbocycles. The molecule has 0 spiro atoms. The summed E-state index contributed by atoms with van der Waals surface area (Å²) in [6, 6.07) is 0. The quantitative estimate of drug-likeness (QED) is 0.825. The van der Waals surface area contributed by atoms with Gasteiger partial charge in [0.2, 0.25) is 0 Å². The van der Waals surface area contributed by atoms with Gasteiger partial charge in [0.15, 0.2) is 10.2 Å². The topological polar surface area (TPSA) is 62.7 Å². The zero-order valence-electron chi connectivity index (χ0n) is 11.9. The Morgan fingerprint density at radius 3 is 2.71 bits per heavy atom. The van der Waals surface area contributed by atoms with Crippen LogP contribution < -0.4 is 4.90 Å². The first kappa shape index (κ1) is 14.8. The number of methoxy groups -OCH3 is 1. The van der Waals surface area contributed by atoms with Crippen molar-refractivity contribution in [1.82, 2.24) is 9.88 Å². The summed E-state index contributed by atoms with van der Waals surface area (Å²) in [4.78, 5) is 31.5. The summed E-state index contributed by atoms with van der Waals surface area (Å²) in [6.07, 6.45) is 0.159. The highest BCUT2D eigenvalue weighted by atomic mass is 32.2. The fourth-order valence-corrected chi connectivity index (χ4v) is 4.12. The molecular formula is C13H17N3O3S2. The SMILES string of the molecule is COC1CN(C(=O)c2csc(N3CC(SC(C)=O)C3)n2)C1. The molecule has 21 heavy (non-hydrogen) atoms. The Hall–Kier alpha value is -1.12. The maximum absolute atomic E-state index is 12.2. The van der Waals surface area contributed by atoms with Gasteiger partial charge in [-0.2, -0.15) is 0 Å². The second-order valence-electron chi connectivity index (χ2n) is 5.22. The van der Waals surface area contributed by atoms with Gasteiger partial charge in [-0.15, -0.1) is 11.3 Å². The van der Waals surface area contributed by atoms with Gasteiger partial charge in [0, 0.05) is 50.8 Å². The van der Waals surface area contributed by atoms with E-state index in [1.54, 1.807) is 18.9 Å². The summed E-state index contributed by atoms with van der Waals surface area (Å²) < 4.78 is 5.17. The number of hydrogen-bond acceptors (Lipinski definition) is 7. The lowest BCUT2D eigenvalue weighted by Crippen LogP contribution is -2.54. The molecule has 8 heteroatoms. The normalized spacial score (nSPS) is 19.3. The molecule has 0 atom stereocenters. The average Bonchev–Trinajstić information content (AvgIpc) is 2.80. The smallest absolute Gasteiger partial charge is 0.273 e. The van der Waals surface area contributed by atoms with E-state index in [-0.39, 0.29) is 17.1 Å². The third-order valence-electron chi connectivity index (χ3n) is 3.63. The Labute approximate surface area is 131 Å². The van der Waals surface area contributed by atoms with Crippen LogP contribution in [0.3, 0.4) is 0 Å². The van der Waals surface area contributed by atoms with Gasteiger partial charge in [-0.1, -0.05) is 11.8 Å². The van der Waals surface area contributed by atoms with Crippen molar-refractivity contribution >= 4 is 39.3 Å². The van der Waals surface area contributed by atoms with Gasteiger partial charge >= 0.3 is 0 Å². The van der Waals surface area contributed by atoms with Crippen LogP contribution >= 0.6 is 23.1 Å². The first-order valence-corrected chi connectivity index (χ1v) is 8.52. The van der Waals surface area contributed by atoms with Crippen molar-refractivity contribution in [2.45, 2.75) is 18.3 Å². The number of hydrogen-bond donors (Lipinski definition) is 0. The van der Waals surface area contributed by atoms with E-state index < -0.39 is 0 Å². The average molecular weight is 327 g/mol. The minimum atomic E-state index is -0.0269. The molecule has 0 radical (unpaired) electrons. The second-order valence-corrected chi connectivity index (χ2v) is 7.53. The van der Waals surface area contributed by atoms with Gasteiger partial charge in [-0.3, -0.25) is 9.59 Å².